The molecule has 1 fully saturated rings. The van der Waals surface area contributed by atoms with Crippen molar-refractivity contribution in [3.05, 3.63) is 17.5 Å². The van der Waals surface area contributed by atoms with Crippen molar-refractivity contribution in [2.75, 3.05) is 40.3 Å². The molecule has 1 amide bonds. The van der Waals surface area contributed by atoms with Crippen molar-refractivity contribution in [2.24, 2.45) is 5.92 Å². The average Bonchev–Trinajstić information content (AvgIpc) is 3.00. The summed E-state index contributed by atoms with van der Waals surface area (Å²) in [5, 5.41) is 1.70. The SMILES string of the molecule is CN1CCC[C@H](CN(C)C(=O)CNS(=O)(=O)c2cccs2)C1. The normalized spacial score (nSPS) is 20.0. The van der Waals surface area contributed by atoms with Gasteiger partial charge in [-0.25, -0.2) is 13.1 Å². The second-order valence-corrected chi connectivity index (χ2v) is 8.74. The van der Waals surface area contributed by atoms with Gasteiger partial charge in [0, 0.05) is 20.1 Å². The van der Waals surface area contributed by atoms with Crippen LogP contribution in [0.4, 0.5) is 0 Å². The van der Waals surface area contributed by atoms with Crippen molar-refractivity contribution in [3.8, 4) is 0 Å². The van der Waals surface area contributed by atoms with Gasteiger partial charge in [-0.3, -0.25) is 4.79 Å². The van der Waals surface area contributed by atoms with E-state index in [9.17, 15) is 13.2 Å². The minimum absolute atomic E-state index is 0.195. The third-order valence-electron chi connectivity index (χ3n) is 3.85. The lowest BCUT2D eigenvalue weighted by molar-refractivity contribution is -0.129. The number of hydrogen-bond acceptors (Lipinski definition) is 5. The number of hydrogen-bond donors (Lipinski definition) is 1. The fourth-order valence-corrected chi connectivity index (χ4v) is 4.70. The topological polar surface area (TPSA) is 69.7 Å². The summed E-state index contributed by atoms with van der Waals surface area (Å²) in [6.07, 6.45) is 2.26. The highest BCUT2D eigenvalue weighted by molar-refractivity contribution is 7.91. The predicted molar refractivity (Wildman–Crippen MR) is 87.4 cm³/mol. The summed E-state index contributed by atoms with van der Waals surface area (Å²) < 4.78 is 26.6. The summed E-state index contributed by atoms with van der Waals surface area (Å²) in [5.74, 6) is 0.259. The molecule has 1 aromatic heterocycles. The van der Waals surface area contributed by atoms with Crippen LogP contribution in [0.1, 0.15) is 12.8 Å². The molecule has 6 nitrogen and oxygen atoms in total. The fraction of sp³-hybridized carbons (Fsp3) is 0.643. The standard InChI is InChI=1S/C14H23N3O3S2/c1-16-7-3-5-12(10-16)11-17(2)13(18)9-15-22(19,20)14-6-4-8-21-14/h4,6,8,12,15H,3,5,7,9-11H2,1-2H3/t12-/m0/s1. The van der Waals surface area contributed by atoms with E-state index in [1.807, 2.05) is 0 Å². The first-order valence-electron chi connectivity index (χ1n) is 7.34. The lowest BCUT2D eigenvalue weighted by atomic mass is 9.98. The first-order chi connectivity index (χ1) is 10.4. The zero-order valence-corrected chi connectivity index (χ0v) is 14.6. The molecule has 0 aliphatic carbocycles. The number of nitrogens with zero attached hydrogens (tertiary/aromatic N) is 2. The van der Waals surface area contributed by atoms with E-state index in [2.05, 4.69) is 16.7 Å². The van der Waals surface area contributed by atoms with Crippen LogP contribution >= 0.6 is 11.3 Å². The summed E-state index contributed by atoms with van der Waals surface area (Å²) in [7, 11) is 0.244. The molecule has 0 bridgehead atoms. The van der Waals surface area contributed by atoms with Crippen LogP contribution in [-0.2, 0) is 14.8 Å². The van der Waals surface area contributed by atoms with Crippen LogP contribution in [-0.4, -0.2) is 64.4 Å². The third kappa shape index (κ3) is 4.77. The van der Waals surface area contributed by atoms with Gasteiger partial charge in [0.05, 0.1) is 6.54 Å². The Hall–Kier alpha value is -0.960. The van der Waals surface area contributed by atoms with Crippen LogP contribution < -0.4 is 4.72 Å². The van der Waals surface area contributed by atoms with Crippen LogP contribution in [0.25, 0.3) is 0 Å². The highest BCUT2D eigenvalue weighted by atomic mass is 32.2. The molecule has 124 valence electrons. The van der Waals surface area contributed by atoms with Crippen molar-refractivity contribution >= 4 is 27.3 Å². The molecule has 1 atom stereocenters. The molecule has 1 aliphatic rings. The van der Waals surface area contributed by atoms with Crippen molar-refractivity contribution < 1.29 is 13.2 Å². The molecule has 8 heteroatoms. The molecule has 0 spiro atoms. The Balaban J connectivity index is 1.81. The number of likely N-dealkylation sites (tertiary alicyclic amines) is 1. The molecule has 2 rings (SSSR count). The number of carbonyl (C=O) groups is 1. The van der Waals surface area contributed by atoms with Gasteiger partial charge in [-0.1, -0.05) is 6.07 Å². The van der Waals surface area contributed by atoms with E-state index >= 15 is 0 Å². The summed E-state index contributed by atoms with van der Waals surface area (Å²) in [6, 6.07) is 3.20. The minimum atomic E-state index is -3.57. The zero-order chi connectivity index (χ0) is 16.2. The lowest BCUT2D eigenvalue weighted by Crippen LogP contribution is -2.43. The van der Waals surface area contributed by atoms with Gasteiger partial charge in [-0.15, -0.1) is 11.3 Å². The first-order valence-corrected chi connectivity index (χ1v) is 9.70. The van der Waals surface area contributed by atoms with Crippen LogP contribution in [0.15, 0.2) is 21.7 Å². The molecule has 22 heavy (non-hydrogen) atoms. The lowest BCUT2D eigenvalue weighted by Gasteiger charge is -2.32. The van der Waals surface area contributed by atoms with Gasteiger partial charge in [0.25, 0.3) is 10.0 Å². The largest absolute Gasteiger partial charge is 0.344 e. The third-order valence-corrected chi connectivity index (χ3v) is 6.65. The molecule has 0 radical (unpaired) electrons. The first kappa shape index (κ1) is 17.4. The zero-order valence-electron chi connectivity index (χ0n) is 13.0. The molecule has 2 heterocycles. The van der Waals surface area contributed by atoms with Crippen molar-refractivity contribution in [1.82, 2.24) is 14.5 Å². The summed E-state index contributed by atoms with van der Waals surface area (Å²) in [6.45, 7) is 2.57. The van der Waals surface area contributed by atoms with E-state index in [0.29, 0.717) is 12.5 Å². The molecule has 0 saturated carbocycles. The van der Waals surface area contributed by atoms with Gasteiger partial charge < -0.3 is 9.80 Å². The number of likely N-dealkylation sites (N-methyl/N-ethyl adjacent to an activating group) is 1. The number of rotatable bonds is 6. The Kier molecular flexibility index (Phi) is 5.96. The highest BCUT2D eigenvalue weighted by Crippen LogP contribution is 2.16. The van der Waals surface area contributed by atoms with E-state index in [1.165, 1.54) is 6.07 Å². The molecule has 0 unspecified atom stereocenters. The average molecular weight is 345 g/mol. The Labute approximate surface area is 136 Å². The number of sulfonamides is 1. The van der Waals surface area contributed by atoms with Crippen LogP contribution in [0.5, 0.6) is 0 Å². The molecule has 1 saturated heterocycles. The maximum absolute atomic E-state index is 12.1. The van der Waals surface area contributed by atoms with Crippen molar-refractivity contribution in [3.63, 3.8) is 0 Å². The van der Waals surface area contributed by atoms with Crippen LogP contribution in [0.2, 0.25) is 0 Å². The van der Waals surface area contributed by atoms with E-state index in [-0.39, 0.29) is 16.7 Å². The van der Waals surface area contributed by atoms with Gasteiger partial charge in [-0.2, -0.15) is 0 Å². The molecular formula is C14H23N3O3S2. The number of thiophene rings is 1. The van der Waals surface area contributed by atoms with E-state index in [1.54, 1.807) is 23.4 Å². The van der Waals surface area contributed by atoms with Gasteiger partial charge in [0.15, 0.2) is 0 Å². The van der Waals surface area contributed by atoms with E-state index < -0.39 is 10.0 Å². The van der Waals surface area contributed by atoms with E-state index in [0.717, 1.165) is 37.3 Å². The Bertz CT molecular complexity index is 586. The van der Waals surface area contributed by atoms with Crippen LogP contribution in [0.3, 0.4) is 0 Å². The van der Waals surface area contributed by atoms with Gasteiger partial charge >= 0.3 is 0 Å². The van der Waals surface area contributed by atoms with E-state index in [4.69, 9.17) is 0 Å². The second kappa shape index (κ2) is 7.54. The number of nitrogens with one attached hydrogen (secondary N) is 1. The molecule has 1 N–H and O–H groups in total. The summed E-state index contributed by atoms with van der Waals surface area (Å²) in [4.78, 5) is 16.0. The number of carbonyl (C=O) groups excluding carboxylic acids is 1. The smallest absolute Gasteiger partial charge is 0.250 e. The maximum Gasteiger partial charge on any atom is 0.250 e. The Morgan fingerprint density at radius 3 is 2.95 bits per heavy atom. The predicted octanol–water partition coefficient (Wildman–Crippen LogP) is 0.827. The fourth-order valence-electron chi connectivity index (χ4n) is 2.69. The summed E-state index contributed by atoms with van der Waals surface area (Å²) >= 11 is 1.14. The Morgan fingerprint density at radius 2 is 2.32 bits per heavy atom. The van der Waals surface area contributed by atoms with Gasteiger partial charge in [0.2, 0.25) is 5.91 Å². The second-order valence-electron chi connectivity index (χ2n) is 5.80. The van der Waals surface area contributed by atoms with Gasteiger partial charge in [0.1, 0.15) is 4.21 Å². The summed E-state index contributed by atoms with van der Waals surface area (Å²) in [5.41, 5.74) is 0. The molecule has 0 aromatic carbocycles. The minimum Gasteiger partial charge on any atom is -0.344 e. The molecule has 1 aromatic rings. The quantitative estimate of drug-likeness (QED) is 0.829. The maximum atomic E-state index is 12.1. The Morgan fingerprint density at radius 1 is 1.55 bits per heavy atom. The van der Waals surface area contributed by atoms with Crippen molar-refractivity contribution in [1.29, 1.82) is 0 Å². The molecule has 1 aliphatic heterocycles. The number of piperidine rings is 1. The number of amides is 1. The van der Waals surface area contributed by atoms with Gasteiger partial charge in [-0.05, 0) is 43.8 Å². The highest BCUT2D eigenvalue weighted by Gasteiger charge is 2.22. The van der Waals surface area contributed by atoms with Crippen molar-refractivity contribution in [2.45, 2.75) is 17.1 Å². The van der Waals surface area contributed by atoms with Crippen LogP contribution in [0, 0.1) is 5.92 Å². The monoisotopic (exact) mass is 345 g/mol. The molecular weight excluding hydrogens is 322 g/mol.